The number of aromatic nitrogens is 3. The first kappa shape index (κ1) is 22.0. The Kier molecular flexibility index (Phi) is 5.54. The fourth-order valence-electron chi connectivity index (χ4n) is 3.44. The van der Waals surface area contributed by atoms with Crippen molar-refractivity contribution in [1.82, 2.24) is 14.3 Å². The largest absolute Gasteiger partial charge is 0.573 e. The normalized spacial score (nSPS) is 23.7. The molecule has 4 rings (SSSR count). The summed E-state index contributed by atoms with van der Waals surface area (Å²) in [5.41, 5.74) is -2.07. The predicted molar refractivity (Wildman–Crippen MR) is 97.8 cm³/mol. The molecule has 1 fully saturated rings. The Morgan fingerprint density at radius 1 is 1.16 bits per heavy atom. The second-order valence-electron chi connectivity index (χ2n) is 6.97. The van der Waals surface area contributed by atoms with Gasteiger partial charge in [0, 0.05) is 12.3 Å². The van der Waals surface area contributed by atoms with E-state index in [2.05, 4.69) is 9.89 Å². The van der Waals surface area contributed by atoms with Gasteiger partial charge in [0.05, 0.1) is 18.5 Å². The number of hydrogen-bond donors (Lipinski definition) is 3. The highest BCUT2D eigenvalue weighted by Crippen LogP contribution is 2.32. The minimum absolute atomic E-state index is 0.0225. The molecule has 0 bridgehead atoms. The molecule has 3 N–H and O–H groups in total. The fourth-order valence-corrected chi connectivity index (χ4v) is 3.44. The molecule has 0 amide bonds. The quantitative estimate of drug-likeness (QED) is 0.468. The van der Waals surface area contributed by atoms with Crippen LogP contribution in [0.5, 0.6) is 5.75 Å². The van der Waals surface area contributed by atoms with Crippen LogP contribution in [0, 0.1) is 0 Å². The van der Waals surface area contributed by atoms with Crippen LogP contribution in [-0.4, -0.2) is 60.9 Å². The number of halogens is 3. The molecule has 14 heteroatoms. The number of fused-ring (bicyclic) bond motifs is 1. The third-order valence-electron chi connectivity index (χ3n) is 4.96. The number of hydrogen-bond acceptors (Lipinski definition) is 9. The number of ether oxygens (including phenoxy) is 2. The van der Waals surface area contributed by atoms with E-state index < -0.39 is 61.1 Å². The lowest BCUT2D eigenvalue weighted by atomic mass is 10.1. The molecule has 0 radical (unpaired) electrons. The highest BCUT2D eigenvalue weighted by molar-refractivity contribution is 5.84. The molecule has 2 aromatic heterocycles. The summed E-state index contributed by atoms with van der Waals surface area (Å²) >= 11 is 0. The summed E-state index contributed by atoms with van der Waals surface area (Å²) in [5, 5.41) is 33.0. The van der Waals surface area contributed by atoms with Crippen LogP contribution >= 0.6 is 0 Å². The first-order valence-corrected chi connectivity index (χ1v) is 9.18. The van der Waals surface area contributed by atoms with E-state index in [1.54, 1.807) is 0 Å². The Labute approximate surface area is 175 Å². The molecular weight excluding hydrogens is 443 g/mol. The van der Waals surface area contributed by atoms with E-state index in [0.29, 0.717) is 4.57 Å². The lowest BCUT2D eigenvalue weighted by Gasteiger charge is -2.18. The average molecular weight is 459 g/mol. The van der Waals surface area contributed by atoms with Gasteiger partial charge in [-0.15, -0.1) is 13.2 Å². The van der Waals surface area contributed by atoms with Crippen LogP contribution in [0.2, 0.25) is 0 Å². The minimum Gasteiger partial charge on any atom is -0.402 e. The van der Waals surface area contributed by atoms with Gasteiger partial charge in [0.1, 0.15) is 24.0 Å². The summed E-state index contributed by atoms with van der Waals surface area (Å²) in [5.74, 6) is -0.641. The summed E-state index contributed by atoms with van der Waals surface area (Å²) < 4.78 is 53.5. The van der Waals surface area contributed by atoms with Gasteiger partial charge < -0.3 is 29.3 Å². The summed E-state index contributed by atoms with van der Waals surface area (Å²) in [7, 11) is 0. The lowest BCUT2D eigenvalue weighted by Crippen LogP contribution is -2.43. The zero-order valence-corrected chi connectivity index (χ0v) is 16.0. The highest BCUT2D eigenvalue weighted by Gasteiger charge is 2.44. The van der Waals surface area contributed by atoms with Crippen molar-refractivity contribution in [1.29, 1.82) is 0 Å². The molecule has 3 heterocycles. The van der Waals surface area contributed by atoms with Crippen LogP contribution in [0.1, 0.15) is 11.9 Å². The first-order chi connectivity index (χ1) is 15.1. The SMILES string of the molecule is O=c1ccn([C@@H]2O[C@H](CO)[C@H](O)C2O)c(=O)n1Cc1noc2c(OC(F)(F)F)cccc12. The number of nitrogens with zero attached hydrogens (tertiary/aromatic N) is 3. The maximum Gasteiger partial charge on any atom is 0.573 e. The van der Waals surface area contributed by atoms with Gasteiger partial charge >= 0.3 is 12.1 Å². The van der Waals surface area contributed by atoms with Gasteiger partial charge in [-0.2, -0.15) is 0 Å². The zero-order chi connectivity index (χ0) is 23.2. The third kappa shape index (κ3) is 3.88. The van der Waals surface area contributed by atoms with Crippen LogP contribution in [0.15, 0.2) is 44.6 Å². The van der Waals surface area contributed by atoms with E-state index in [-0.39, 0.29) is 16.7 Å². The molecule has 1 aliphatic heterocycles. The van der Waals surface area contributed by atoms with Gasteiger partial charge in [-0.1, -0.05) is 11.2 Å². The first-order valence-electron chi connectivity index (χ1n) is 9.18. The van der Waals surface area contributed by atoms with E-state index in [4.69, 9.17) is 9.26 Å². The number of aliphatic hydroxyl groups excluding tert-OH is 3. The Bertz CT molecular complexity index is 1250. The maximum atomic E-state index is 12.9. The van der Waals surface area contributed by atoms with Crippen LogP contribution in [0.4, 0.5) is 13.2 Å². The minimum atomic E-state index is -4.97. The van der Waals surface area contributed by atoms with Crippen molar-refractivity contribution in [3.05, 3.63) is 57.0 Å². The van der Waals surface area contributed by atoms with Crippen molar-refractivity contribution in [2.75, 3.05) is 6.61 Å². The second-order valence-corrected chi connectivity index (χ2v) is 6.97. The highest BCUT2D eigenvalue weighted by atomic mass is 19.4. The van der Waals surface area contributed by atoms with Crippen molar-refractivity contribution < 1.29 is 42.5 Å². The maximum absolute atomic E-state index is 12.9. The topological polar surface area (TPSA) is 149 Å². The molecule has 1 aliphatic rings. The average Bonchev–Trinajstić information content (AvgIpc) is 3.26. The molecule has 0 aliphatic carbocycles. The van der Waals surface area contributed by atoms with Crippen molar-refractivity contribution in [2.24, 2.45) is 0 Å². The summed E-state index contributed by atoms with van der Waals surface area (Å²) in [6.45, 7) is -1.09. The van der Waals surface area contributed by atoms with Crippen molar-refractivity contribution in [3.8, 4) is 5.75 Å². The standard InChI is InChI=1S/C18H16F3N3O8/c19-18(20,21)31-10-3-1-2-8-9(22-32-15(8)10)6-24-12(26)4-5-23(17(24)29)16-14(28)13(27)11(7-25)30-16/h1-5,11,13-14,16,25,27-28H,6-7H2/t11-,13+,14?,16-/m1/s1. The smallest absolute Gasteiger partial charge is 0.402 e. The van der Waals surface area contributed by atoms with Crippen LogP contribution in [-0.2, 0) is 11.3 Å². The van der Waals surface area contributed by atoms with E-state index in [9.17, 15) is 38.1 Å². The number of aliphatic hydroxyl groups is 3. The van der Waals surface area contributed by atoms with Crippen LogP contribution in [0.25, 0.3) is 11.0 Å². The third-order valence-corrected chi connectivity index (χ3v) is 4.96. The number of alkyl halides is 3. The van der Waals surface area contributed by atoms with Gasteiger partial charge in [0.2, 0.25) is 5.58 Å². The molecule has 11 nitrogen and oxygen atoms in total. The molecule has 0 saturated carbocycles. The van der Waals surface area contributed by atoms with E-state index in [1.165, 1.54) is 12.1 Å². The number of rotatable bonds is 5. The van der Waals surface area contributed by atoms with Gasteiger partial charge in [-0.05, 0) is 12.1 Å². The summed E-state index contributed by atoms with van der Waals surface area (Å²) in [6.07, 6.45) is -9.48. The summed E-state index contributed by atoms with van der Waals surface area (Å²) in [6, 6.07) is 4.66. The van der Waals surface area contributed by atoms with E-state index >= 15 is 0 Å². The zero-order valence-electron chi connectivity index (χ0n) is 16.0. The van der Waals surface area contributed by atoms with Crippen molar-refractivity contribution in [3.63, 3.8) is 0 Å². The molecule has 1 aromatic carbocycles. The number of para-hydroxylation sites is 1. The van der Waals surface area contributed by atoms with Crippen molar-refractivity contribution in [2.45, 2.75) is 37.4 Å². The van der Waals surface area contributed by atoms with E-state index in [1.807, 2.05) is 0 Å². The molecule has 4 atom stereocenters. The monoisotopic (exact) mass is 459 g/mol. The van der Waals surface area contributed by atoms with E-state index in [0.717, 1.165) is 22.9 Å². The fraction of sp³-hybridized carbons (Fsp3) is 0.389. The van der Waals surface area contributed by atoms with Gasteiger partial charge in [0.25, 0.3) is 5.56 Å². The van der Waals surface area contributed by atoms with Gasteiger partial charge in [-0.25, -0.2) is 4.79 Å². The lowest BCUT2D eigenvalue weighted by molar-refractivity contribution is -0.274. The van der Waals surface area contributed by atoms with Gasteiger partial charge in [-0.3, -0.25) is 13.9 Å². The Morgan fingerprint density at radius 3 is 2.56 bits per heavy atom. The Morgan fingerprint density at radius 2 is 1.91 bits per heavy atom. The Balaban J connectivity index is 1.71. The predicted octanol–water partition coefficient (Wildman–Crippen LogP) is -0.290. The molecule has 1 unspecified atom stereocenters. The van der Waals surface area contributed by atoms with Crippen LogP contribution in [0.3, 0.4) is 0 Å². The molecule has 3 aromatic rings. The molecule has 32 heavy (non-hydrogen) atoms. The van der Waals surface area contributed by atoms with Crippen molar-refractivity contribution >= 4 is 11.0 Å². The molecule has 172 valence electrons. The molecular formula is C18H16F3N3O8. The number of benzene rings is 1. The second kappa shape index (κ2) is 8.05. The molecule has 1 saturated heterocycles. The van der Waals surface area contributed by atoms with Crippen LogP contribution < -0.4 is 16.0 Å². The Hall–Kier alpha value is -3.20. The summed E-state index contributed by atoms with van der Waals surface area (Å²) in [4.78, 5) is 25.2. The molecule has 0 spiro atoms. The van der Waals surface area contributed by atoms with Gasteiger partial charge in [0.15, 0.2) is 12.0 Å².